The zero-order valence-corrected chi connectivity index (χ0v) is 43.2. The van der Waals surface area contributed by atoms with E-state index in [1.807, 2.05) is 0 Å². The van der Waals surface area contributed by atoms with E-state index >= 15 is 0 Å². The Morgan fingerprint density at radius 3 is 1.98 bits per heavy atom. The van der Waals surface area contributed by atoms with E-state index < -0.39 is 0 Å². The average Bonchev–Trinajstić information content (AvgIpc) is 3.68. The van der Waals surface area contributed by atoms with E-state index in [2.05, 4.69) is 221 Å². The summed E-state index contributed by atoms with van der Waals surface area (Å²) in [5.74, 6) is 0.567. The van der Waals surface area contributed by atoms with Crippen molar-refractivity contribution in [1.29, 1.82) is 0 Å². The molecule has 0 amide bonds. The predicted octanol–water partition coefficient (Wildman–Crippen LogP) is 9.76. The topological polar surface area (TPSA) is 0 Å². The molecule has 2 saturated carbocycles. The second-order valence-electron chi connectivity index (χ2n) is 19.8. The van der Waals surface area contributed by atoms with Crippen molar-refractivity contribution >= 4 is 37.1 Å². The molecule has 10 rings (SSSR count). The molecule has 9 atom stereocenters. The van der Waals surface area contributed by atoms with Crippen molar-refractivity contribution in [3.05, 3.63) is 168 Å². The van der Waals surface area contributed by atoms with E-state index in [4.69, 9.17) is 0 Å². The molecule has 313 valence electrons. The molecule has 0 saturated heterocycles. The van der Waals surface area contributed by atoms with Crippen LogP contribution < -0.4 is 24.8 Å². The Hall–Kier alpha value is -2.74. The van der Waals surface area contributed by atoms with Gasteiger partial charge < -0.3 is 31.2 Å². The summed E-state index contributed by atoms with van der Waals surface area (Å²) >= 11 is 0. The SMILES string of the molecule is CCCC1=Cc2c(-c3cc4ccccc4c4ccccc34)cccc2C1C1=CC=CC2(C)C3(C)C=CC=CC3(C)C3(C)C4(C)C(C)=CC=CC4[CH-]C3(C)C12C.C[Si]C.[Cl-].[Cl-].[Zr+3]. The van der Waals surface area contributed by atoms with Crippen molar-refractivity contribution in [2.24, 2.45) is 43.8 Å². The van der Waals surface area contributed by atoms with Crippen LogP contribution in [0.25, 0.3) is 38.7 Å². The maximum absolute atomic E-state index is 2.86. The fraction of sp³-hybridized carbons (Fsp3) is 0.386. The third-order valence-electron chi connectivity index (χ3n) is 18.3. The van der Waals surface area contributed by atoms with Gasteiger partial charge in [0.2, 0.25) is 0 Å². The number of benzene rings is 4. The third-order valence-corrected chi connectivity index (χ3v) is 18.3. The normalized spacial score (nSPS) is 35.7. The van der Waals surface area contributed by atoms with E-state index in [0.717, 1.165) is 22.4 Å². The molecule has 6 aliphatic carbocycles. The molecular formula is C57H63Cl2SiZr. The Kier molecular flexibility index (Phi) is 12.8. The van der Waals surface area contributed by atoms with Crippen LogP contribution in [-0.4, -0.2) is 9.52 Å². The zero-order chi connectivity index (χ0) is 41.1. The van der Waals surface area contributed by atoms with E-state index in [1.54, 1.807) is 11.1 Å². The summed E-state index contributed by atoms with van der Waals surface area (Å²) in [6.45, 7) is 27.7. The Morgan fingerprint density at radius 1 is 0.672 bits per heavy atom. The van der Waals surface area contributed by atoms with Gasteiger partial charge >= 0.3 is 26.2 Å². The van der Waals surface area contributed by atoms with Crippen molar-refractivity contribution < 1.29 is 51.0 Å². The number of hydrogen-bond acceptors (Lipinski definition) is 0. The van der Waals surface area contributed by atoms with Crippen LogP contribution in [0.4, 0.5) is 0 Å². The van der Waals surface area contributed by atoms with Crippen LogP contribution in [0.2, 0.25) is 13.1 Å². The van der Waals surface area contributed by atoms with Crippen LogP contribution in [0.15, 0.2) is 150 Å². The molecule has 3 radical (unpaired) electrons. The maximum Gasteiger partial charge on any atom is 3.00 e. The summed E-state index contributed by atoms with van der Waals surface area (Å²) in [7, 11) is 1.08. The van der Waals surface area contributed by atoms with Gasteiger partial charge in [-0.1, -0.05) is 219 Å². The molecule has 0 spiro atoms. The van der Waals surface area contributed by atoms with E-state index in [1.165, 1.54) is 49.4 Å². The Labute approximate surface area is 402 Å². The van der Waals surface area contributed by atoms with Crippen molar-refractivity contribution in [3.63, 3.8) is 0 Å². The van der Waals surface area contributed by atoms with Crippen molar-refractivity contribution in [2.75, 3.05) is 0 Å². The van der Waals surface area contributed by atoms with Gasteiger partial charge in [0.05, 0.1) is 0 Å². The van der Waals surface area contributed by atoms with Crippen LogP contribution in [-0.2, 0) is 26.2 Å². The fourth-order valence-corrected chi connectivity index (χ4v) is 14.7. The Morgan fingerprint density at radius 2 is 1.30 bits per heavy atom. The second-order valence-corrected chi connectivity index (χ2v) is 20.8. The van der Waals surface area contributed by atoms with Crippen LogP contribution >= 0.6 is 0 Å². The Bertz CT molecular complexity index is 2610. The minimum Gasteiger partial charge on any atom is -1.00 e. The summed E-state index contributed by atoms with van der Waals surface area (Å²) in [5.41, 5.74) is 9.28. The first-order chi connectivity index (χ1) is 27.7. The summed E-state index contributed by atoms with van der Waals surface area (Å²) < 4.78 is 0. The number of allylic oxidation sites excluding steroid dienone is 13. The van der Waals surface area contributed by atoms with E-state index in [9.17, 15) is 0 Å². The van der Waals surface area contributed by atoms with Crippen molar-refractivity contribution in [1.82, 2.24) is 0 Å². The van der Waals surface area contributed by atoms with Gasteiger partial charge in [0.25, 0.3) is 0 Å². The molecule has 4 aromatic carbocycles. The van der Waals surface area contributed by atoms with Crippen molar-refractivity contribution in [3.8, 4) is 11.1 Å². The summed E-state index contributed by atoms with van der Waals surface area (Å²) in [6.07, 6.45) is 32.6. The number of hydrogen-bond donors (Lipinski definition) is 0. The van der Waals surface area contributed by atoms with Crippen LogP contribution in [0.3, 0.4) is 0 Å². The fourth-order valence-electron chi connectivity index (χ4n) is 14.7. The third kappa shape index (κ3) is 5.63. The first-order valence-corrected chi connectivity index (χ1v) is 24.0. The average molecular weight is 938 g/mol. The van der Waals surface area contributed by atoms with Crippen LogP contribution in [0.5, 0.6) is 0 Å². The Balaban J connectivity index is 0.00000101. The van der Waals surface area contributed by atoms with Gasteiger partial charge in [0.1, 0.15) is 0 Å². The first kappa shape index (κ1) is 47.7. The van der Waals surface area contributed by atoms with Gasteiger partial charge in [-0.25, -0.2) is 0 Å². The minimum atomic E-state index is -0.216. The molecule has 0 heterocycles. The molecular weight excluding hydrogens is 875 g/mol. The van der Waals surface area contributed by atoms with Gasteiger partial charge in [-0.05, 0) is 84.9 Å². The largest absolute Gasteiger partial charge is 3.00 e. The summed E-state index contributed by atoms with van der Waals surface area (Å²) in [5, 5.41) is 5.28. The van der Waals surface area contributed by atoms with Crippen LogP contribution in [0.1, 0.15) is 92.2 Å². The summed E-state index contributed by atoms with van der Waals surface area (Å²) in [6, 6.07) is 27.6. The van der Waals surface area contributed by atoms with Gasteiger partial charge in [-0.2, -0.15) is 0 Å². The monoisotopic (exact) mass is 935 g/mol. The van der Waals surface area contributed by atoms with Crippen LogP contribution in [0, 0.1) is 50.2 Å². The molecule has 4 aromatic rings. The minimum absolute atomic E-state index is 0. The molecule has 0 nitrogen and oxygen atoms in total. The molecule has 4 heteroatoms. The number of rotatable bonds is 4. The van der Waals surface area contributed by atoms with Gasteiger partial charge in [-0.3, -0.25) is 0 Å². The van der Waals surface area contributed by atoms with Gasteiger partial charge in [0, 0.05) is 26.3 Å². The predicted molar refractivity (Wildman–Crippen MR) is 253 cm³/mol. The maximum atomic E-state index is 2.86. The molecule has 61 heavy (non-hydrogen) atoms. The smallest absolute Gasteiger partial charge is 1.00 e. The zero-order valence-electron chi connectivity index (χ0n) is 38.2. The molecule has 0 aromatic heterocycles. The number of fused-ring (bicyclic) bond motifs is 12. The standard InChI is InChI=1S/C55H57.C2H6Si.2ClH.Zr/c1-10-20-38-34-46-43(45-33-37-22-11-12-24-40(37)41-25-13-14-26-42(41)45)27-18-28-44(46)48(38)47-29-19-32-50(4)49(3)30-15-16-31-51(49,5)55(9)52(6,54(47,50)8)35-39-23-17-21-36(2)53(39,55)7;1-3-2;;;/h11-19,21-35,39,48H,10,20H2,1-9H3;1-2H3;2*1H;/q-1;;;;+3/p-2. The molecule has 6 aliphatic rings. The molecule has 9 unspecified atom stereocenters. The molecule has 2 fully saturated rings. The first-order valence-electron chi connectivity index (χ1n) is 22.0. The molecule has 0 N–H and O–H groups in total. The second kappa shape index (κ2) is 16.4. The van der Waals surface area contributed by atoms with Gasteiger partial charge in [-0.15, -0.1) is 17.4 Å². The number of halogens is 2. The summed E-state index contributed by atoms with van der Waals surface area (Å²) in [4.78, 5) is 0. The van der Waals surface area contributed by atoms with Crippen molar-refractivity contribution in [2.45, 2.75) is 94.2 Å². The van der Waals surface area contributed by atoms with Gasteiger partial charge in [0.15, 0.2) is 0 Å². The van der Waals surface area contributed by atoms with E-state index in [-0.39, 0.29) is 94.8 Å². The molecule has 0 aliphatic heterocycles. The van der Waals surface area contributed by atoms with E-state index in [0.29, 0.717) is 5.92 Å². The molecule has 0 bridgehead atoms. The quantitative estimate of drug-likeness (QED) is 0.109.